The molecule has 0 bridgehead atoms. The largest absolute Gasteiger partial charge is 0.451 e. The average molecular weight is 310 g/mol. The molecule has 0 atom stereocenters. The van der Waals surface area contributed by atoms with Gasteiger partial charge in [-0.25, -0.2) is 9.97 Å². The number of benzene rings is 1. The molecule has 0 aliphatic carbocycles. The van der Waals surface area contributed by atoms with Crippen LogP contribution in [0.1, 0.15) is 5.82 Å². The number of rotatable bonds is 1. The van der Waals surface area contributed by atoms with Crippen LogP contribution in [-0.2, 0) is 6.18 Å². The van der Waals surface area contributed by atoms with Crippen LogP contribution in [0.15, 0.2) is 42.6 Å². The molecule has 0 unspecified atom stereocenters. The lowest BCUT2D eigenvalue weighted by Gasteiger charge is -2.09. The van der Waals surface area contributed by atoms with Crippen molar-refractivity contribution in [1.29, 1.82) is 0 Å². The van der Waals surface area contributed by atoms with E-state index in [1.807, 2.05) is 0 Å². The molecule has 0 aliphatic rings. The highest BCUT2D eigenvalue weighted by molar-refractivity contribution is 6.29. The molecule has 3 aromatic rings. The highest BCUT2D eigenvalue weighted by atomic mass is 35.5. The molecule has 0 aliphatic heterocycles. The highest BCUT2D eigenvalue weighted by Crippen LogP contribution is 2.32. The zero-order valence-electron chi connectivity index (χ0n) is 10.4. The molecule has 0 radical (unpaired) electrons. The number of alkyl halides is 3. The Bertz CT molecular complexity index is 813. The Morgan fingerprint density at radius 3 is 2.57 bits per heavy atom. The predicted octanol–water partition coefficient (Wildman–Crippen LogP) is 4.36. The van der Waals surface area contributed by atoms with Crippen molar-refractivity contribution in [3.8, 4) is 11.3 Å². The third-order valence-electron chi connectivity index (χ3n) is 2.87. The minimum absolute atomic E-state index is 0.112. The van der Waals surface area contributed by atoms with Crippen molar-refractivity contribution in [3.63, 3.8) is 0 Å². The third-order valence-corrected chi connectivity index (χ3v) is 3.06. The van der Waals surface area contributed by atoms with Gasteiger partial charge in [0, 0.05) is 23.2 Å². The summed E-state index contributed by atoms with van der Waals surface area (Å²) in [6.07, 6.45) is -3.04. The zero-order valence-corrected chi connectivity index (χ0v) is 11.2. The first-order valence-corrected chi connectivity index (χ1v) is 6.29. The van der Waals surface area contributed by atoms with Crippen molar-refractivity contribution in [3.05, 3.63) is 53.6 Å². The topological polar surface area (TPSA) is 38.7 Å². The van der Waals surface area contributed by atoms with Gasteiger partial charge in [0.2, 0.25) is 5.82 Å². The van der Waals surface area contributed by atoms with Gasteiger partial charge in [-0.15, -0.1) is 0 Å². The van der Waals surface area contributed by atoms with Crippen molar-refractivity contribution < 1.29 is 13.2 Å². The molecule has 0 spiro atoms. The predicted molar refractivity (Wildman–Crippen MR) is 72.8 cm³/mol. The second-order valence-electron chi connectivity index (χ2n) is 4.27. The van der Waals surface area contributed by atoms with E-state index in [0.717, 1.165) is 0 Å². The number of halogens is 4. The van der Waals surface area contributed by atoms with Crippen LogP contribution in [0.4, 0.5) is 13.2 Å². The van der Waals surface area contributed by atoms with E-state index >= 15 is 0 Å². The van der Waals surface area contributed by atoms with E-state index in [-0.39, 0.29) is 10.8 Å². The third kappa shape index (κ3) is 2.67. The van der Waals surface area contributed by atoms with Crippen LogP contribution in [-0.4, -0.2) is 15.0 Å². The Morgan fingerprint density at radius 2 is 1.81 bits per heavy atom. The van der Waals surface area contributed by atoms with E-state index in [0.29, 0.717) is 16.5 Å². The summed E-state index contributed by atoms with van der Waals surface area (Å²) < 4.78 is 38.3. The molecule has 1 aromatic carbocycles. The van der Waals surface area contributed by atoms with Crippen LogP contribution >= 0.6 is 11.6 Å². The summed E-state index contributed by atoms with van der Waals surface area (Å²) in [5, 5.41) is 0.441. The first-order valence-electron chi connectivity index (χ1n) is 5.91. The van der Waals surface area contributed by atoms with Gasteiger partial charge in [0.1, 0.15) is 5.15 Å². The zero-order chi connectivity index (χ0) is 15.0. The fraction of sp³-hybridized carbons (Fsp3) is 0.0714. The number of aromatic nitrogens is 3. The number of nitrogens with zero attached hydrogens (tertiary/aromatic N) is 3. The molecule has 2 aromatic heterocycles. The Labute approximate surface area is 122 Å². The molecule has 3 rings (SSSR count). The SMILES string of the molecule is FC(F)(F)c1nc(Cl)cc(-c2cccc3ncccc23)n1. The molecule has 106 valence electrons. The summed E-state index contributed by atoms with van der Waals surface area (Å²) in [7, 11) is 0. The summed E-state index contributed by atoms with van der Waals surface area (Å²) in [6.45, 7) is 0. The van der Waals surface area contributed by atoms with Crippen LogP contribution < -0.4 is 0 Å². The minimum atomic E-state index is -4.65. The molecule has 7 heteroatoms. The Balaban J connectivity index is 2.26. The number of pyridine rings is 1. The molecule has 2 heterocycles. The second kappa shape index (κ2) is 4.96. The van der Waals surface area contributed by atoms with Crippen LogP contribution in [0, 0.1) is 0 Å². The van der Waals surface area contributed by atoms with Crippen LogP contribution in [0.25, 0.3) is 22.2 Å². The standard InChI is InChI=1S/C14H7ClF3N3/c15-12-7-11(20-13(21-12)14(16,17)18)9-3-1-5-10-8(9)4-2-6-19-10/h1-7H. The number of fused-ring (bicyclic) bond motifs is 1. The maximum Gasteiger partial charge on any atom is 0.451 e. The van der Waals surface area contributed by atoms with Gasteiger partial charge in [-0.2, -0.15) is 13.2 Å². The van der Waals surface area contributed by atoms with Gasteiger partial charge >= 0.3 is 6.18 Å². The summed E-state index contributed by atoms with van der Waals surface area (Å²) in [4.78, 5) is 11.0. The van der Waals surface area contributed by atoms with Gasteiger partial charge in [-0.3, -0.25) is 4.98 Å². The molecular weight excluding hydrogens is 303 g/mol. The summed E-state index contributed by atoms with van der Waals surface area (Å²) >= 11 is 5.69. The lowest BCUT2D eigenvalue weighted by atomic mass is 10.1. The maximum atomic E-state index is 12.8. The van der Waals surface area contributed by atoms with Crippen molar-refractivity contribution in [1.82, 2.24) is 15.0 Å². The van der Waals surface area contributed by atoms with Gasteiger partial charge in [-0.1, -0.05) is 29.8 Å². The monoisotopic (exact) mass is 309 g/mol. The fourth-order valence-electron chi connectivity index (χ4n) is 2.01. The smallest absolute Gasteiger partial charge is 0.256 e. The van der Waals surface area contributed by atoms with E-state index < -0.39 is 12.0 Å². The van der Waals surface area contributed by atoms with Gasteiger partial charge < -0.3 is 0 Å². The molecular formula is C14H7ClF3N3. The molecule has 21 heavy (non-hydrogen) atoms. The van der Waals surface area contributed by atoms with E-state index in [9.17, 15) is 13.2 Å². The highest BCUT2D eigenvalue weighted by Gasteiger charge is 2.35. The molecule has 0 fully saturated rings. The van der Waals surface area contributed by atoms with Gasteiger partial charge in [0.15, 0.2) is 0 Å². The Morgan fingerprint density at radius 1 is 1.00 bits per heavy atom. The first kappa shape index (κ1) is 13.8. The second-order valence-corrected chi connectivity index (χ2v) is 4.66. The summed E-state index contributed by atoms with van der Waals surface area (Å²) in [5.41, 5.74) is 1.30. The Hall–Kier alpha value is -2.21. The molecule has 0 N–H and O–H groups in total. The van der Waals surface area contributed by atoms with Gasteiger partial charge in [0.25, 0.3) is 0 Å². The van der Waals surface area contributed by atoms with E-state index in [4.69, 9.17) is 11.6 Å². The first-order chi connectivity index (χ1) is 9.95. The lowest BCUT2D eigenvalue weighted by Crippen LogP contribution is -2.11. The van der Waals surface area contributed by atoms with Crippen molar-refractivity contribution in [2.24, 2.45) is 0 Å². The average Bonchev–Trinajstić information content (AvgIpc) is 2.45. The van der Waals surface area contributed by atoms with Crippen molar-refractivity contribution >= 4 is 22.5 Å². The van der Waals surface area contributed by atoms with Crippen molar-refractivity contribution in [2.75, 3.05) is 0 Å². The van der Waals surface area contributed by atoms with E-state index in [1.54, 1.807) is 36.5 Å². The quantitative estimate of drug-likeness (QED) is 0.627. The Kier molecular flexibility index (Phi) is 3.25. The summed E-state index contributed by atoms with van der Waals surface area (Å²) in [6, 6.07) is 9.92. The van der Waals surface area contributed by atoms with Crippen molar-refractivity contribution in [2.45, 2.75) is 6.18 Å². The number of hydrogen-bond donors (Lipinski definition) is 0. The summed E-state index contributed by atoms with van der Waals surface area (Å²) in [5.74, 6) is -1.26. The van der Waals surface area contributed by atoms with E-state index in [1.165, 1.54) is 6.07 Å². The lowest BCUT2D eigenvalue weighted by molar-refractivity contribution is -0.144. The fourth-order valence-corrected chi connectivity index (χ4v) is 2.19. The van der Waals surface area contributed by atoms with Crippen LogP contribution in [0.5, 0.6) is 0 Å². The van der Waals surface area contributed by atoms with Crippen LogP contribution in [0.2, 0.25) is 5.15 Å². The van der Waals surface area contributed by atoms with Gasteiger partial charge in [-0.05, 0) is 12.1 Å². The van der Waals surface area contributed by atoms with E-state index in [2.05, 4.69) is 15.0 Å². The normalized spacial score (nSPS) is 11.8. The molecule has 0 amide bonds. The molecule has 3 nitrogen and oxygen atoms in total. The molecule has 0 saturated heterocycles. The number of hydrogen-bond acceptors (Lipinski definition) is 3. The maximum absolute atomic E-state index is 12.8. The van der Waals surface area contributed by atoms with Crippen LogP contribution in [0.3, 0.4) is 0 Å². The van der Waals surface area contributed by atoms with Gasteiger partial charge in [0.05, 0.1) is 11.2 Å². The molecule has 0 saturated carbocycles. The minimum Gasteiger partial charge on any atom is -0.256 e.